The molecule has 0 aliphatic carbocycles. The number of alkyl carbamates (subject to hydrolysis) is 1. The van der Waals surface area contributed by atoms with Crippen LogP contribution in [0.25, 0.3) is 21.6 Å². The van der Waals surface area contributed by atoms with E-state index in [1.54, 1.807) is 30.9 Å². The Balaban J connectivity index is 1.83. The molecule has 1 amide bonds. The third-order valence-corrected chi connectivity index (χ3v) is 8.60. The lowest BCUT2D eigenvalue weighted by Gasteiger charge is -2.31. The number of halogens is 1. The van der Waals surface area contributed by atoms with Crippen molar-refractivity contribution in [3.05, 3.63) is 60.7 Å². The Kier molecular flexibility index (Phi) is 6.06. The van der Waals surface area contributed by atoms with E-state index >= 15 is 0 Å². The Morgan fingerprint density at radius 3 is 2.71 bits per heavy atom. The van der Waals surface area contributed by atoms with Crippen molar-refractivity contribution in [1.82, 2.24) is 24.0 Å². The molecule has 0 saturated carbocycles. The largest absolute Gasteiger partial charge is 0.453 e. The van der Waals surface area contributed by atoms with Gasteiger partial charge < -0.3 is 19.0 Å². The summed E-state index contributed by atoms with van der Waals surface area (Å²) >= 11 is 9.11. The maximum Gasteiger partial charge on any atom is 0.406 e. The minimum absolute atomic E-state index is 0.0991. The Hall–Kier alpha value is -2.96. The highest BCUT2D eigenvalue weighted by Gasteiger charge is 2.38. The Morgan fingerprint density at radius 1 is 1.31 bits per heavy atom. The van der Waals surface area contributed by atoms with Gasteiger partial charge in [-0.25, -0.2) is 14.6 Å². The van der Waals surface area contributed by atoms with Crippen molar-refractivity contribution in [3.8, 4) is 10.7 Å². The number of nitrogens with zero attached hydrogens (tertiary/aromatic N) is 4. The van der Waals surface area contributed by atoms with Crippen LogP contribution < -0.4 is 16.6 Å². The zero-order valence-corrected chi connectivity index (χ0v) is 21.7. The van der Waals surface area contributed by atoms with Crippen molar-refractivity contribution >= 4 is 51.7 Å². The zero-order chi connectivity index (χ0) is 25.0. The van der Waals surface area contributed by atoms with E-state index in [0.717, 1.165) is 16.0 Å². The minimum Gasteiger partial charge on any atom is -0.453 e. The molecule has 0 aromatic carbocycles. The van der Waals surface area contributed by atoms with E-state index in [-0.39, 0.29) is 10.5 Å². The van der Waals surface area contributed by atoms with Gasteiger partial charge in [-0.15, -0.1) is 23.1 Å². The van der Waals surface area contributed by atoms with Crippen molar-refractivity contribution in [2.45, 2.75) is 24.0 Å². The fourth-order valence-electron chi connectivity index (χ4n) is 4.44. The first-order valence-electron chi connectivity index (χ1n) is 10.7. The van der Waals surface area contributed by atoms with Crippen LogP contribution in [-0.4, -0.2) is 43.7 Å². The smallest absolute Gasteiger partial charge is 0.406 e. The van der Waals surface area contributed by atoms with Crippen LogP contribution in [0.4, 0.5) is 4.79 Å². The molecule has 0 spiro atoms. The summed E-state index contributed by atoms with van der Waals surface area (Å²) in [5.41, 5.74) is 1.96. The van der Waals surface area contributed by atoms with E-state index in [2.05, 4.69) is 10.3 Å². The molecule has 0 radical (unpaired) electrons. The molecule has 1 aliphatic rings. The van der Waals surface area contributed by atoms with Crippen LogP contribution in [0.2, 0.25) is 5.22 Å². The number of carbonyl (C=O) groups excluding carboxylic acids is 1. The monoisotopic (exact) mass is 535 g/mol. The molecule has 0 bridgehead atoms. The summed E-state index contributed by atoms with van der Waals surface area (Å²) in [7, 11) is 4.44. The zero-order valence-electron chi connectivity index (χ0n) is 19.3. The summed E-state index contributed by atoms with van der Waals surface area (Å²) in [6, 6.07) is 3.44. The number of amides is 1. The lowest BCUT2D eigenvalue weighted by atomic mass is 10.2. The van der Waals surface area contributed by atoms with Crippen molar-refractivity contribution in [1.29, 1.82) is 0 Å². The maximum absolute atomic E-state index is 13.5. The molecule has 4 aromatic rings. The van der Waals surface area contributed by atoms with Crippen molar-refractivity contribution < 1.29 is 13.9 Å². The van der Waals surface area contributed by atoms with Crippen LogP contribution in [0.15, 0.2) is 31.5 Å². The molecular formula is C22H22ClN5O5S2. The number of hydrogen-bond donors (Lipinski definition) is 1. The summed E-state index contributed by atoms with van der Waals surface area (Å²) < 4.78 is 15.2. The van der Waals surface area contributed by atoms with Gasteiger partial charge in [0.15, 0.2) is 5.22 Å². The summed E-state index contributed by atoms with van der Waals surface area (Å²) in [5.74, 6) is 0.582. The van der Waals surface area contributed by atoms with E-state index in [0.29, 0.717) is 40.5 Å². The molecule has 10 nitrogen and oxygen atoms in total. The van der Waals surface area contributed by atoms with Gasteiger partial charge in [0, 0.05) is 43.5 Å². The molecule has 1 aliphatic heterocycles. The molecule has 5 rings (SSSR count). The topological polar surface area (TPSA) is 113 Å². The molecule has 0 saturated heterocycles. The number of thioether (sulfide) groups is 1. The fraction of sp³-hybridized carbons (Fsp3) is 0.364. The first-order chi connectivity index (χ1) is 16.7. The molecule has 4 aromatic heterocycles. The Morgan fingerprint density at radius 2 is 2.09 bits per heavy atom. The van der Waals surface area contributed by atoms with Gasteiger partial charge in [0.1, 0.15) is 16.0 Å². The molecule has 2 atom stereocenters. The van der Waals surface area contributed by atoms with Crippen LogP contribution in [0.3, 0.4) is 0 Å². The van der Waals surface area contributed by atoms with Gasteiger partial charge in [-0.1, -0.05) is 0 Å². The number of carbonyl (C=O) groups is 1. The maximum atomic E-state index is 13.5. The third-order valence-electron chi connectivity index (χ3n) is 6.00. The average molecular weight is 536 g/mol. The number of ether oxygens (including phenoxy) is 1. The summed E-state index contributed by atoms with van der Waals surface area (Å²) in [5, 5.41) is 5.52. The highest BCUT2D eigenvalue weighted by atomic mass is 35.5. The predicted molar refractivity (Wildman–Crippen MR) is 136 cm³/mol. The second kappa shape index (κ2) is 8.92. The summed E-state index contributed by atoms with van der Waals surface area (Å²) in [6.45, 7) is 2.68. The standard InChI is InChI=1S/C22H22ClN5O5S2/c1-10-9-34-19(25-10)16-14-15(26(2)22(31)27(3)20(14)29)17-18(12-5-6-13(23)33-12)35-11(8-28(16)17)7-24-21(30)32-4/h5-6,9,11,18H,7-8H2,1-4H3,(H,24,30)/t11-,18+/m1/s1. The van der Waals surface area contributed by atoms with Gasteiger partial charge in [-0.3, -0.25) is 13.9 Å². The third kappa shape index (κ3) is 3.89. The van der Waals surface area contributed by atoms with Gasteiger partial charge in [0.05, 0.1) is 29.4 Å². The van der Waals surface area contributed by atoms with Gasteiger partial charge in [-0.2, -0.15) is 0 Å². The van der Waals surface area contributed by atoms with E-state index < -0.39 is 22.6 Å². The number of rotatable bonds is 4. The summed E-state index contributed by atoms with van der Waals surface area (Å²) in [4.78, 5) is 42.9. The molecule has 5 heterocycles. The Bertz CT molecular complexity index is 1580. The van der Waals surface area contributed by atoms with Gasteiger partial charge >= 0.3 is 11.8 Å². The first-order valence-corrected chi connectivity index (χ1v) is 12.9. The van der Waals surface area contributed by atoms with E-state index in [1.165, 1.54) is 30.1 Å². The second-order valence-electron chi connectivity index (χ2n) is 8.22. The van der Waals surface area contributed by atoms with Crippen molar-refractivity contribution in [3.63, 3.8) is 0 Å². The normalized spacial score (nSPS) is 17.5. The van der Waals surface area contributed by atoms with Gasteiger partial charge in [-0.05, 0) is 30.7 Å². The average Bonchev–Trinajstić information content (AvgIpc) is 3.55. The molecular weight excluding hydrogens is 514 g/mol. The number of fused-ring (bicyclic) bond motifs is 3. The SMILES string of the molecule is COC(=O)NC[C@@H]1Cn2c(-c3nc(C)cs3)c3c(=O)n(C)c(=O)n(C)c3c2[C@H](c2ccc(Cl)o2)S1. The second-order valence-corrected chi connectivity index (χ2v) is 10.9. The Labute approximate surface area is 212 Å². The lowest BCUT2D eigenvalue weighted by molar-refractivity contribution is 0.171. The summed E-state index contributed by atoms with van der Waals surface area (Å²) in [6.07, 6.45) is -0.529. The highest BCUT2D eigenvalue weighted by Crippen LogP contribution is 2.49. The van der Waals surface area contributed by atoms with Crippen LogP contribution in [0, 0.1) is 6.92 Å². The van der Waals surface area contributed by atoms with Crippen LogP contribution in [0.5, 0.6) is 0 Å². The molecule has 0 unspecified atom stereocenters. The van der Waals surface area contributed by atoms with Crippen LogP contribution in [-0.2, 0) is 25.4 Å². The fourth-order valence-corrected chi connectivity index (χ4v) is 6.87. The number of aryl methyl sites for hydroxylation is 2. The molecule has 184 valence electrons. The predicted octanol–water partition coefficient (Wildman–Crippen LogP) is 3.28. The number of nitrogens with one attached hydrogen (secondary N) is 1. The first kappa shape index (κ1) is 23.8. The molecule has 0 fully saturated rings. The van der Waals surface area contributed by atoms with Crippen molar-refractivity contribution in [2.24, 2.45) is 14.1 Å². The minimum atomic E-state index is -0.529. The van der Waals surface area contributed by atoms with Crippen molar-refractivity contribution in [2.75, 3.05) is 13.7 Å². The number of furan rings is 1. The van der Waals surface area contributed by atoms with Gasteiger partial charge in [0.2, 0.25) is 0 Å². The van der Waals surface area contributed by atoms with E-state index in [1.807, 2.05) is 16.9 Å². The van der Waals surface area contributed by atoms with Gasteiger partial charge in [0.25, 0.3) is 5.56 Å². The lowest BCUT2D eigenvalue weighted by Crippen LogP contribution is -2.37. The quantitative estimate of drug-likeness (QED) is 0.426. The number of methoxy groups -OCH3 is 1. The number of hydrogen-bond acceptors (Lipinski definition) is 8. The molecule has 1 N–H and O–H groups in total. The molecule has 35 heavy (non-hydrogen) atoms. The highest BCUT2D eigenvalue weighted by molar-refractivity contribution is 8.00. The van der Waals surface area contributed by atoms with E-state index in [4.69, 9.17) is 20.8 Å². The number of thiazole rings is 1. The number of aromatic nitrogens is 4. The van der Waals surface area contributed by atoms with Crippen LogP contribution >= 0.6 is 34.7 Å². The molecule has 13 heteroatoms. The van der Waals surface area contributed by atoms with Crippen LogP contribution in [0.1, 0.15) is 22.4 Å². The van der Waals surface area contributed by atoms with E-state index in [9.17, 15) is 14.4 Å².